The monoisotopic (exact) mass is 403 g/mol. The fourth-order valence-corrected chi connectivity index (χ4v) is 3.05. The van der Waals surface area contributed by atoms with Gasteiger partial charge in [-0.1, -0.05) is 5.21 Å². The van der Waals surface area contributed by atoms with Gasteiger partial charge >= 0.3 is 0 Å². The third kappa shape index (κ3) is 3.28. The molecule has 3 aromatic rings. The summed E-state index contributed by atoms with van der Waals surface area (Å²) in [6.07, 6.45) is 1.48. The van der Waals surface area contributed by atoms with Crippen LogP contribution in [0.1, 0.15) is 0 Å². The second-order valence-electron chi connectivity index (χ2n) is 5.77. The minimum absolute atomic E-state index is 0.134. The number of phenols is 2. The lowest BCUT2D eigenvalue weighted by atomic mass is 10.1. The first-order chi connectivity index (χ1) is 14.0. The van der Waals surface area contributed by atoms with E-state index in [9.17, 15) is 10.2 Å². The Morgan fingerprint density at radius 3 is 1.93 bits per heavy atom. The Morgan fingerprint density at radius 2 is 1.34 bits per heavy atom. The van der Waals surface area contributed by atoms with Crippen LogP contribution in [0.4, 0.5) is 0 Å². The average molecular weight is 403 g/mol. The van der Waals surface area contributed by atoms with E-state index in [1.165, 1.54) is 58.6 Å². The maximum atomic E-state index is 10.4. The summed E-state index contributed by atoms with van der Waals surface area (Å²) in [5.41, 5.74) is 1.36. The summed E-state index contributed by atoms with van der Waals surface area (Å²) in [6, 6.07) is 4.53. The highest BCUT2D eigenvalue weighted by atomic mass is 16.5. The van der Waals surface area contributed by atoms with Crippen molar-refractivity contribution in [2.75, 3.05) is 35.5 Å². The number of rotatable bonds is 7. The molecule has 3 rings (SSSR count). The molecular weight excluding hydrogens is 382 g/mol. The van der Waals surface area contributed by atoms with Crippen molar-refractivity contribution in [2.45, 2.75) is 0 Å². The number of phenolic OH excluding ortho intramolecular Hbond substituents is 2. The Morgan fingerprint density at radius 1 is 0.724 bits per heavy atom. The van der Waals surface area contributed by atoms with Gasteiger partial charge in [0.05, 0.1) is 58.7 Å². The number of ether oxygens (including phenoxy) is 5. The topological polar surface area (TPSA) is 117 Å². The van der Waals surface area contributed by atoms with E-state index < -0.39 is 0 Å². The second kappa shape index (κ2) is 8.05. The number of aromatic hydroxyl groups is 2. The van der Waals surface area contributed by atoms with E-state index in [1.54, 1.807) is 6.07 Å². The summed E-state index contributed by atoms with van der Waals surface area (Å²) in [5, 5.41) is 28.7. The van der Waals surface area contributed by atoms with Gasteiger partial charge in [0.2, 0.25) is 17.2 Å². The van der Waals surface area contributed by atoms with Crippen LogP contribution < -0.4 is 23.7 Å². The van der Waals surface area contributed by atoms with Crippen molar-refractivity contribution in [1.82, 2.24) is 15.0 Å². The van der Waals surface area contributed by atoms with E-state index in [-0.39, 0.29) is 28.7 Å². The molecule has 0 unspecified atom stereocenters. The minimum Gasteiger partial charge on any atom is -0.504 e. The zero-order valence-electron chi connectivity index (χ0n) is 16.6. The Hall–Kier alpha value is -3.82. The van der Waals surface area contributed by atoms with E-state index in [1.807, 2.05) is 0 Å². The molecule has 0 fully saturated rings. The molecule has 0 radical (unpaired) electrons. The van der Waals surface area contributed by atoms with Crippen LogP contribution >= 0.6 is 0 Å². The van der Waals surface area contributed by atoms with Gasteiger partial charge in [0, 0.05) is 12.1 Å². The van der Waals surface area contributed by atoms with E-state index in [2.05, 4.69) is 10.3 Å². The molecule has 10 nitrogen and oxygen atoms in total. The van der Waals surface area contributed by atoms with Gasteiger partial charge in [-0.15, -0.1) is 5.10 Å². The van der Waals surface area contributed by atoms with Crippen LogP contribution in [0.15, 0.2) is 24.4 Å². The Balaban J connectivity index is 2.25. The molecule has 1 heterocycles. The molecule has 0 bridgehead atoms. The van der Waals surface area contributed by atoms with Gasteiger partial charge < -0.3 is 33.9 Å². The van der Waals surface area contributed by atoms with Crippen molar-refractivity contribution >= 4 is 0 Å². The smallest absolute Gasteiger partial charge is 0.207 e. The molecule has 0 saturated carbocycles. The molecule has 0 spiro atoms. The Bertz CT molecular complexity index is 1030. The molecule has 0 saturated heterocycles. The fraction of sp³-hybridized carbons (Fsp3) is 0.263. The number of hydrogen-bond donors (Lipinski definition) is 2. The SMILES string of the molecule is COc1cc(-n2nncc2-c2cc(O)c(OC)c(OC)c2OC)cc(O)c1OC. The van der Waals surface area contributed by atoms with Crippen LogP contribution in [0.5, 0.6) is 40.2 Å². The lowest BCUT2D eigenvalue weighted by Crippen LogP contribution is -2.03. The van der Waals surface area contributed by atoms with E-state index in [0.29, 0.717) is 28.4 Å². The van der Waals surface area contributed by atoms with Crippen LogP contribution in [0.2, 0.25) is 0 Å². The van der Waals surface area contributed by atoms with Gasteiger partial charge in [0.15, 0.2) is 23.0 Å². The quantitative estimate of drug-likeness (QED) is 0.613. The maximum absolute atomic E-state index is 10.4. The molecule has 29 heavy (non-hydrogen) atoms. The Labute approximate surface area is 166 Å². The molecule has 0 aliphatic carbocycles. The molecule has 0 atom stereocenters. The van der Waals surface area contributed by atoms with Crippen LogP contribution in [0.25, 0.3) is 16.9 Å². The number of methoxy groups -OCH3 is 5. The van der Waals surface area contributed by atoms with E-state index >= 15 is 0 Å². The minimum atomic E-state index is -0.150. The zero-order valence-corrected chi connectivity index (χ0v) is 16.6. The summed E-state index contributed by atoms with van der Waals surface area (Å²) in [6.45, 7) is 0. The standard InChI is InChI=1S/C19H21N3O7/c1-25-15-7-10(6-13(23)17(15)27-3)22-12(9-20-21-22)11-8-14(24)18(28-4)19(29-5)16(11)26-2/h6-9,23-24H,1-5H3. The predicted octanol–water partition coefficient (Wildman–Crippen LogP) is 2.39. The molecule has 10 heteroatoms. The van der Waals surface area contributed by atoms with Crippen molar-refractivity contribution in [3.05, 3.63) is 24.4 Å². The van der Waals surface area contributed by atoms with Crippen molar-refractivity contribution in [3.8, 4) is 57.2 Å². The van der Waals surface area contributed by atoms with Gasteiger partial charge in [0.1, 0.15) is 0 Å². The summed E-state index contributed by atoms with van der Waals surface area (Å²) in [4.78, 5) is 0. The molecule has 154 valence electrons. The first-order valence-electron chi connectivity index (χ1n) is 8.39. The summed E-state index contributed by atoms with van der Waals surface area (Å²) in [7, 11) is 7.20. The van der Waals surface area contributed by atoms with Gasteiger partial charge in [-0.05, 0) is 6.07 Å². The van der Waals surface area contributed by atoms with Gasteiger partial charge in [-0.3, -0.25) is 0 Å². The van der Waals surface area contributed by atoms with Gasteiger partial charge in [0.25, 0.3) is 0 Å². The highest BCUT2D eigenvalue weighted by molar-refractivity contribution is 5.78. The van der Waals surface area contributed by atoms with Crippen molar-refractivity contribution < 1.29 is 33.9 Å². The summed E-state index contributed by atoms with van der Waals surface area (Å²) >= 11 is 0. The van der Waals surface area contributed by atoms with E-state index in [0.717, 1.165) is 0 Å². The largest absolute Gasteiger partial charge is 0.504 e. The molecule has 0 amide bonds. The number of nitrogens with zero attached hydrogens (tertiary/aromatic N) is 3. The summed E-state index contributed by atoms with van der Waals surface area (Å²) in [5.74, 6) is 0.887. The van der Waals surface area contributed by atoms with Crippen LogP contribution in [-0.4, -0.2) is 60.8 Å². The lowest BCUT2D eigenvalue weighted by molar-refractivity contribution is 0.311. The summed E-state index contributed by atoms with van der Waals surface area (Å²) < 4.78 is 28.0. The molecular formula is C19H21N3O7. The number of benzene rings is 2. The number of aromatic nitrogens is 3. The Kier molecular flexibility index (Phi) is 5.53. The molecule has 2 N–H and O–H groups in total. The number of hydrogen-bond acceptors (Lipinski definition) is 9. The van der Waals surface area contributed by atoms with Gasteiger partial charge in [-0.2, -0.15) is 0 Å². The van der Waals surface area contributed by atoms with Crippen molar-refractivity contribution in [3.63, 3.8) is 0 Å². The molecule has 0 aliphatic rings. The molecule has 1 aromatic heterocycles. The zero-order chi connectivity index (χ0) is 21.1. The highest BCUT2D eigenvalue weighted by Gasteiger charge is 2.25. The van der Waals surface area contributed by atoms with Crippen molar-refractivity contribution in [1.29, 1.82) is 0 Å². The highest BCUT2D eigenvalue weighted by Crippen LogP contribution is 2.50. The fourth-order valence-electron chi connectivity index (χ4n) is 3.05. The third-order valence-electron chi connectivity index (χ3n) is 4.30. The third-order valence-corrected chi connectivity index (χ3v) is 4.30. The van der Waals surface area contributed by atoms with Crippen LogP contribution in [0.3, 0.4) is 0 Å². The van der Waals surface area contributed by atoms with E-state index in [4.69, 9.17) is 23.7 Å². The van der Waals surface area contributed by atoms with Crippen LogP contribution in [0, 0.1) is 0 Å². The van der Waals surface area contributed by atoms with Crippen molar-refractivity contribution in [2.24, 2.45) is 0 Å². The predicted molar refractivity (Wildman–Crippen MR) is 103 cm³/mol. The molecule has 0 aliphatic heterocycles. The second-order valence-corrected chi connectivity index (χ2v) is 5.77. The first kappa shape index (κ1) is 19.9. The molecule has 2 aromatic carbocycles. The average Bonchev–Trinajstić information content (AvgIpc) is 3.21. The van der Waals surface area contributed by atoms with Crippen LogP contribution in [-0.2, 0) is 0 Å². The maximum Gasteiger partial charge on any atom is 0.207 e. The van der Waals surface area contributed by atoms with Gasteiger partial charge in [-0.25, -0.2) is 4.68 Å². The normalized spacial score (nSPS) is 10.5. The first-order valence-corrected chi connectivity index (χ1v) is 8.39. The lowest BCUT2D eigenvalue weighted by Gasteiger charge is -2.18.